The molecule has 5 aromatic heterocycles. The zero-order valence-electron chi connectivity index (χ0n) is 43.3. The Morgan fingerprint density at radius 3 is 1.54 bits per heavy atom. The van der Waals surface area contributed by atoms with Gasteiger partial charge in [0.05, 0.1) is 22.4 Å². The molecule has 10 aromatic rings. The first-order valence-corrected chi connectivity index (χ1v) is 24.6. The lowest BCUT2D eigenvalue weighted by Crippen LogP contribution is -2.17. The van der Waals surface area contributed by atoms with Gasteiger partial charge in [-0.15, -0.1) is 0 Å². The average molecular weight is 910 g/mol. The minimum absolute atomic E-state index is 0.0261. The van der Waals surface area contributed by atoms with Crippen molar-refractivity contribution in [1.29, 1.82) is 0 Å². The van der Waals surface area contributed by atoms with Crippen LogP contribution in [0, 0.1) is 0 Å². The number of hydrogen-bond donors (Lipinski definition) is 0. The Kier molecular flexibility index (Phi) is 10.6. The lowest BCUT2D eigenvalue weighted by Gasteiger charge is -2.27. The zero-order chi connectivity index (χ0) is 49.2. The number of rotatable bonds is 5. The number of imidazole rings is 1. The maximum atomic E-state index is 6.95. The van der Waals surface area contributed by atoms with Crippen molar-refractivity contribution in [2.75, 3.05) is 0 Å². The van der Waals surface area contributed by atoms with Crippen molar-refractivity contribution in [3.8, 4) is 39.8 Å². The molecule has 5 aromatic carbocycles. The van der Waals surface area contributed by atoms with Gasteiger partial charge in [0.25, 0.3) is 0 Å². The molecule has 6 heteroatoms. The van der Waals surface area contributed by atoms with Crippen molar-refractivity contribution in [3.63, 3.8) is 0 Å². The number of fused-ring (bicyclic) bond motifs is 9. The predicted octanol–water partition coefficient (Wildman–Crippen LogP) is 17.1. The molecule has 0 unspecified atom stereocenters. The highest BCUT2D eigenvalue weighted by Crippen LogP contribution is 2.45. The number of ether oxygens (including phenoxy) is 1. The third-order valence-electron chi connectivity index (χ3n) is 14.0. The Bertz CT molecular complexity index is 3600. The molecule has 0 fully saturated rings. The minimum atomic E-state index is -0.0914. The maximum absolute atomic E-state index is 6.95. The fourth-order valence-electron chi connectivity index (χ4n) is 9.73. The van der Waals surface area contributed by atoms with E-state index in [-0.39, 0.29) is 27.1 Å². The molecule has 0 aliphatic heterocycles. The van der Waals surface area contributed by atoms with E-state index in [1.54, 1.807) is 0 Å². The number of nitrogens with zero attached hydrogens (tertiary/aromatic N) is 5. The zero-order valence-corrected chi connectivity index (χ0v) is 43.3. The third-order valence-corrected chi connectivity index (χ3v) is 14.0. The average Bonchev–Trinajstić information content (AvgIpc) is 3.85. The molecule has 0 spiro atoms. The molecule has 0 aliphatic rings. The molecule has 0 N–H and O–H groups in total. The van der Waals surface area contributed by atoms with E-state index in [0.717, 1.165) is 83.7 Å². The van der Waals surface area contributed by atoms with Crippen molar-refractivity contribution in [3.05, 3.63) is 162 Å². The van der Waals surface area contributed by atoms with Crippen LogP contribution in [-0.4, -0.2) is 23.9 Å². The van der Waals surface area contributed by atoms with Gasteiger partial charge < -0.3 is 4.74 Å². The van der Waals surface area contributed by atoms with Gasteiger partial charge in [0.1, 0.15) is 28.6 Å². The molecule has 350 valence electrons. The molecule has 69 heavy (non-hydrogen) atoms. The smallest absolute Gasteiger partial charge is 0.147 e. The van der Waals surface area contributed by atoms with Crippen LogP contribution in [0.3, 0.4) is 0 Å². The summed E-state index contributed by atoms with van der Waals surface area (Å²) in [6.07, 6.45) is 3.83. The van der Waals surface area contributed by atoms with E-state index in [1.807, 2.05) is 18.5 Å². The largest absolute Gasteiger partial charge is 0.457 e. The monoisotopic (exact) mass is 910 g/mol. The summed E-state index contributed by atoms with van der Waals surface area (Å²) in [6.45, 7) is 34.4. The second-order valence-electron chi connectivity index (χ2n) is 24.4. The fraction of sp³-hybridized carbons (Fsp3) is 0.317. The van der Waals surface area contributed by atoms with E-state index in [0.29, 0.717) is 0 Å². The van der Waals surface area contributed by atoms with Crippen molar-refractivity contribution in [2.45, 2.75) is 131 Å². The summed E-state index contributed by atoms with van der Waals surface area (Å²) in [5.74, 6) is 2.35. The molecule has 10 rings (SSSR count). The maximum Gasteiger partial charge on any atom is 0.147 e. The summed E-state index contributed by atoms with van der Waals surface area (Å²) < 4.78 is 11.5. The fourth-order valence-corrected chi connectivity index (χ4v) is 9.73. The Morgan fingerprint density at radius 2 is 0.928 bits per heavy atom. The predicted molar refractivity (Wildman–Crippen MR) is 291 cm³/mol. The van der Waals surface area contributed by atoms with Crippen LogP contribution in [0.4, 0.5) is 0 Å². The first-order chi connectivity index (χ1) is 32.3. The van der Waals surface area contributed by atoms with Crippen LogP contribution in [0.1, 0.15) is 132 Å². The van der Waals surface area contributed by atoms with Crippen LogP contribution in [-0.2, 0) is 27.1 Å². The van der Waals surface area contributed by atoms with Crippen molar-refractivity contribution in [1.82, 2.24) is 23.9 Å². The molecule has 0 atom stereocenters. The topological polar surface area (TPSA) is 57.2 Å². The quantitative estimate of drug-likeness (QED) is 0.161. The molecule has 0 saturated carbocycles. The Labute approximate surface area is 408 Å². The highest BCUT2D eigenvalue weighted by atomic mass is 16.5. The number of benzene rings is 5. The second kappa shape index (κ2) is 15.9. The van der Waals surface area contributed by atoms with Crippen molar-refractivity contribution < 1.29 is 4.74 Å². The van der Waals surface area contributed by atoms with Crippen molar-refractivity contribution >= 4 is 49.3 Å². The highest BCUT2D eigenvalue weighted by Gasteiger charge is 2.29. The van der Waals surface area contributed by atoms with Gasteiger partial charge >= 0.3 is 0 Å². The number of para-hydroxylation sites is 1. The van der Waals surface area contributed by atoms with E-state index in [1.165, 1.54) is 33.2 Å². The molecule has 0 bridgehead atoms. The lowest BCUT2D eigenvalue weighted by molar-refractivity contribution is 0.484. The summed E-state index contributed by atoms with van der Waals surface area (Å²) in [5.41, 5.74) is 14.0. The number of hydrogen-bond acceptors (Lipinski definition) is 4. The van der Waals surface area contributed by atoms with E-state index in [9.17, 15) is 0 Å². The van der Waals surface area contributed by atoms with Crippen LogP contribution >= 0.6 is 0 Å². The Hall–Kier alpha value is -6.79. The first kappa shape index (κ1) is 46.0. The van der Waals surface area contributed by atoms with Crippen LogP contribution in [0.25, 0.3) is 77.6 Å². The molecule has 5 heterocycles. The van der Waals surface area contributed by atoms with Crippen molar-refractivity contribution in [2.24, 2.45) is 0 Å². The van der Waals surface area contributed by atoms with E-state index < -0.39 is 0 Å². The third kappa shape index (κ3) is 8.26. The summed E-state index contributed by atoms with van der Waals surface area (Å²) in [6, 6.07) is 44.3. The number of aromatic nitrogens is 5. The van der Waals surface area contributed by atoms with Gasteiger partial charge in [-0.3, -0.25) is 8.97 Å². The van der Waals surface area contributed by atoms with Gasteiger partial charge in [0.2, 0.25) is 0 Å². The van der Waals surface area contributed by atoms with Gasteiger partial charge in [0, 0.05) is 51.1 Å². The normalized spacial score (nSPS) is 13.1. The van der Waals surface area contributed by atoms with Crippen LogP contribution in [0.2, 0.25) is 0 Å². The van der Waals surface area contributed by atoms with Crippen LogP contribution in [0.15, 0.2) is 134 Å². The first-order valence-electron chi connectivity index (χ1n) is 24.6. The molecule has 0 saturated heterocycles. The Morgan fingerprint density at radius 1 is 0.391 bits per heavy atom. The summed E-state index contributed by atoms with van der Waals surface area (Å²) in [4.78, 5) is 15.9. The van der Waals surface area contributed by atoms with Gasteiger partial charge in [-0.05, 0) is 145 Å². The van der Waals surface area contributed by atoms with Gasteiger partial charge in [-0.2, -0.15) is 0 Å². The van der Waals surface area contributed by atoms with E-state index in [2.05, 4.69) is 228 Å². The molecule has 6 nitrogen and oxygen atoms in total. The molecular weight excluding hydrogens is 843 g/mol. The molecule has 0 aliphatic carbocycles. The summed E-state index contributed by atoms with van der Waals surface area (Å²) in [5, 5.41) is 5.43. The lowest BCUT2D eigenvalue weighted by atomic mass is 9.78. The minimum Gasteiger partial charge on any atom is -0.457 e. The van der Waals surface area contributed by atoms with Gasteiger partial charge in [0.15, 0.2) is 0 Å². The standard InChI is InChI=1S/C63H67N5O/c1-59(2,3)40-26-28-64-54(35-40)67-52-21-17-16-19-48(52)49-25-23-46(37-53(49)67)69-45-22-24-47-50-20-18-27-65-57(50)68-56(39-31-43(62(10,11)12)34-44(32-39)63(13,14)15)55(66-58(68)51(47)36-45)38-29-41(60(4,5)6)33-42(30-38)61(7,8)9/h16-37H,1-15H3. The second-order valence-corrected chi connectivity index (χ2v) is 24.4. The summed E-state index contributed by atoms with van der Waals surface area (Å²) in [7, 11) is 0. The van der Waals surface area contributed by atoms with Gasteiger partial charge in [-0.1, -0.05) is 134 Å². The van der Waals surface area contributed by atoms with E-state index in [4.69, 9.17) is 19.7 Å². The van der Waals surface area contributed by atoms with Crippen LogP contribution < -0.4 is 4.74 Å². The molecule has 0 amide bonds. The molecule has 0 radical (unpaired) electrons. The SMILES string of the molecule is CC(C)(C)c1cc(-c2nc3c4cc(Oc5ccc6c7ccccc7n(-c7cc(C(C)(C)C)ccn7)c6c5)ccc4c4cccnc4n3c2-c2cc(C(C)(C)C)cc(C(C)(C)C)c2)cc(C(C)(C)C)c1. The highest BCUT2D eigenvalue weighted by molar-refractivity contribution is 6.13. The summed E-state index contributed by atoms with van der Waals surface area (Å²) >= 11 is 0. The Balaban J connectivity index is 1.24. The van der Waals surface area contributed by atoms with Crippen LogP contribution in [0.5, 0.6) is 11.5 Å². The van der Waals surface area contributed by atoms with E-state index >= 15 is 0 Å². The number of pyridine rings is 3. The molecular formula is C63H67N5O. The van der Waals surface area contributed by atoms with Gasteiger partial charge in [-0.25, -0.2) is 15.0 Å².